The van der Waals surface area contributed by atoms with E-state index in [1.54, 1.807) is 40.4 Å². The fourth-order valence-corrected chi connectivity index (χ4v) is 5.86. The number of ether oxygens (including phenoxy) is 4. The van der Waals surface area contributed by atoms with E-state index in [4.69, 9.17) is 18.9 Å². The lowest BCUT2D eigenvalue weighted by Crippen LogP contribution is -2.16. The summed E-state index contributed by atoms with van der Waals surface area (Å²) in [6, 6.07) is 13.1. The number of nitrogens with zero attached hydrogens (tertiary/aromatic N) is 3. The molecule has 0 aliphatic rings. The van der Waals surface area contributed by atoms with Gasteiger partial charge in [0.1, 0.15) is 10.6 Å². The number of methoxy groups -OCH3 is 3. The van der Waals surface area contributed by atoms with Crippen LogP contribution in [0.15, 0.2) is 53.0 Å². The van der Waals surface area contributed by atoms with Gasteiger partial charge in [0.05, 0.1) is 33.7 Å². The number of aromatic nitrogens is 3. The summed E-state index contributed by atoms with van der Waals surface area (Å²) in [5.74, 6) is 1.38. The van der Waals surface area contributed by atoms with Gasteiger partial charge in [-0.3, -0.25) is 4.79 Å². The van der Waals surface area contributed by atoms with Crippen molar-refractivity contribution in [2.24, 2.45) is 0 Å². The maximum Gasteiger partial charge on any atom is 0.341 e. The third-order valence-corrected chi connectivity index (χ3v) is 7.76. The average molecular weight is 583 g/mol. The van der Waals surface area contributed by atoms with Crippen LogP contribution in [0, 0.1) is 0 Å². The zero-order valence-corrected chi connectivity index (χ0v) is 24.5. The number of anilines is 1. The largest absolute Gasteiger partial charge is 0.493 e. The molecule has 0 unspecified atom stereocenters. The Kier molecular flexibility index (Phi) is 9.67. The molecule has 4 rings (SSSR count). The van der Waals surface area contributed by atoms with Crippen molar-refractivity contribution in [1.29, 1.82) is 0 Å². The molecule has 40 heavy (non-hydrogen) atoms. The predicted octanol–water partition coefficient (Wildman–Crippen LogP) is 5.63. The minimum Gasteiger partial charge on any atom is -0.493 e. The Hall–Kier alpha value is -4.03. The molecule has 4 aromatic rings. The van der Waals surface area contributed by atoms with Crippen LogP contribution < -0.4 is 19.5 Å². The van der Waals surface area contributed by atoms with E-state index in [1.165, 1.54) is 23.1 Å². The SMILES string of the molecule is CCOC(=O)c1c(-c2ccccc2)csc1NC(=O)CSc1nnc(-c2cc(OC)c(OC)c(OC)c2)n1CC. The van der Waals surface area contributed by atoms with Gasteiger partial charge in [0.25, 0.3) is 0 Å². The topological polar surface area (TPSA) is 114 Å². The standard InChI is InChI=1S/C28H30N4O6S2/c1-6-32-25(18-13-20(35-3)24(37-5)21(14-18)36-4)30-31-28(32)40-16-22(33)29-26-23(27(34)38-7-2)19(15-39-26)17-11-9-8-10-12-17/h8-15H,6-7,16H2,1-5H3,(H,29,33). The molecule has 0 spiro atoms. The third kappa shape index (κ3) is 6.07. The van der Waals surface area contributed by atoms with Crippen molar-refractivity contribution in [3.05, 3.63) is 53.4 Å². The van der Waals surface area contributed by atoms with Crippen molar-refractivity contribution in [3.63, 3.8) is 0 Å². The van der Waals surface area contributed by atoms with E-state index in [0.717, 1.165) is 11.1 Å². The van der Waals surface area contributed by atoms with E-state index >= 15 is 0 Å². The van der Waals surface area contributed by atoms with Gasteiger partial charge in [0, 0.05) is 23.1 Å². The van der Waals surface area contributed by atoms with Crippen LogP contribution in [0.1, 0.15) is 24.2 Å². The fraction of sp³-hybridized carbons (Fsp3) is 0.286. The molecule has 0 fully saturated rings. The van der Waals surface area contributed by atoms with Gasteiger partial charge in [-0.05, 0) is 31.5 Å². The zero-order valence-electron chi connectivity index (χ0n) is 22.8. The number of hydrogen-bond donors (Lipinski definition) is 1. The number of thiophene rings is 1. The first-order valence-corrected chi connectivity index (χ1v) is 14.3. The van der Waals surface area contributed by atoms with Crippen LogP contribution in [-0.4, -0.2) is 60.3 Å². The van der Waals surface area contributed by atoms with Crippen LogP contribution in [0.2, 0.25) is 0 Å². The quantitative estimate of drug-likeness (QED) is 0.168. The normalized spacial score (nSPS) is 10.7. The van der Waals surface area contributed by atoms with E-state index in [1.807, 2.05) is 47.2 Å². The monoisotopic (exact) mass is 582 g/mol. The van der Waals surface area contributed by atoms with Crippen molar-refractivity contribution in [1.82, 2.24) is 14.8 Å². The summed E-state index contributed by atoms with van der Waals surface area (Å²) in [6.45, 7) is 4.52. The van der Waals surface area contributed by atoms with Gasteiger partial charge in [-0.1, -0.05) is 42.1 Å². The van der Waals surface area contributed by atoms with Crippen molar-refractivity contribution in [2.45, 2.75) is 25.5 Å². The lowest BCUT2D eigenvalue weighted by atomic mass is 10.0. The van der Waals surface area contributed by atoms with Gasteiger partial charge >= 0.3 is 5.97 Å². The molecule has 2 heterocycles. The molecule has 2 aromatic heterocycles. The second-order valence-electron chi connectivity index (χ2n) is 8.24. The fourth-order valence-electron chi connectivity index (χ4n) is 4.08. The number of carbonyl (C=O) groups excluding carboxylic acids is 2. The van der Waals surface area contributed by atoms with Gasteiger partial charge in [-0.15, -0.1) is 21.5 Å². The summed E-state index contributed by atoms with van der Waals surface area (Å²) in [6.07, 6.45) is 0. The number of rotatable bonds is 12. The molecule has 0 bridgehead atoms. The smallest absolute Gasteiger partial charge is 0.341 e. The summed E-state index contributed by atoms with van der Waals surface area (Å²) in [7, 11) is 4.65. The van der Waals surface area contributed by atoms with Crippen LogP contribution >= 0.6 is 23.1 Å². The van der Waals surface area contributed by atoms with E-state index in [9.17, 15) is 9.59 Å². The van der Waals surface area contributed by atoms with Crippen LogP contribution in [0.25, 0.3) is 22.5 Å². The summed E-state index contributed by atoms with van der Waals surface area (Å²) < 4.78 is 23.6. The highest BCUT2D eigenvalue weighted by Crippen LogP contribution is 2.41. The number of hydrogen-bond acceptors (Lipinski definition) is 10. The Morgan fingerprint density at radius 3 is 2.27 bits per heavy atom. The highest BCUT2D eigenvalue weighted by Gasteiger charge is 2.24. The van der Waals surface area contributed by atoms with Crippen LogP contribution in [0.3, 0.4) is 0 Å². The average Bonchev–Trinajstić information content (AvgIpc) is 3.59. The van der Waals surface area contributed by atoms with E-state index < -0.39 is 5.97 Å². The van der Waals surface area contributed by atoms with Gasteiger partial charge in [0.15, 0.2) is 22.5 Å². The first-order valence-electron chi connectivity index (χ1n) is 12.5. The summed E-state index contributed by atoms with van der Waals surface area (Å²) in [5, 5.41) is 14.4. The van der Waals surface area contributed by atoms with Crippen molar-refractivity contribution < 1.29 is 28.5 Å². The van der Waals surface area contributed by atoms with E-state index in [0.29, 0.717) is 50.9 Å². The molecule has 0 atom stereocenters. The summed E-state index contributed by atoms with van der Waals surface area (Å²) in [5.41, 5.74) is 2.66. The molecule has 0 saturated heterocycles. The molecular formula is C28H30N4O6S2. The Balaban J connectivity index is 1.54. The Bertz CT molecular complexity index is 1460. The van der Waals surface area contributed by atoms with Gasteiger partial charge in [-0.25, -0.2) is 4.79 Å². The third-order valence-electron chi connectivity index (χ3n) is 5.90. The zero-order chi connectivity index (χ0) is 28.6. The minimum absolute atomic E-state index is 0.0637. The second-order valence-corrected chi connectivity index (χ2v) is 10.1. The number of nitrogens with one attached hydrogen (secondary N) is 1. The lowest BCUT2D eigenvalue weighted by Gasteiger charge is -2.14. The summed E-state index contributed by atoms with van der Waals surface area (Å²) in [4.78, 5) is 25.8. The van der Waals surface area contributed by atoms with Crippen molar-refractivity contribution in [2.75, 3.05) is 39.0 Å². The lowest BCUT2D eigenvalue weighted by molar-refractivity contribution is -0.113. The molecule has 210 valence electrons. The number of carbonyl (C=O) groups is 2. The molecule has 0 aliphatic carbocycles. The van der Waals surface area contributed by atoms with Crippen LogP contribution in [0.5, 0.6) is 17.2 Å². The van der Waals surface area contributed by atoms with Gasteiger partial charge in [0.2, 0.25) is 11.7 Å². The molecule has 1 N–H and O–H groups in total. The summed E-state index contributed by atoms with van der Waals surface area (Å²) >= 11 is 2.53. The Labute approximate surface area is 240 Å². The second kappa shape index (κ2) is 13.4. The molecule has 0 aliphatic heterocycles. The molecule has 0 saturated carbocycles. The number of thioether (sulfide) groups is 1. The number of amides is 1. The maximum absolute atomic E-state index is 13.0. The van der Waals surface area contributed by atoms with Crippen molar-refractivity contribution >= 4 is 40.0 Å². The highest BCUT2D eigenvalue weighted by molar-refractivity contribution is 7.99. The first kappa shape index (κ1) is 29.0. The number of benzene rings is 2. The maximum atomic E-state index is 13.0. The molecule has 10 nitrogen and oxygen atoms in total. The highest BCUT2D eigenvalue weighted by atomic mass is 32.2. The molecule has 0 radical (unpaired) electrons. The van der Waals surface area contributed by atoms with Crippen LogP contribution in [0.4, 0.5) is 5.00 Å². The Morgan fingerprint density at radius 1 is 0.975 bits per heavy atom. The Morgan fingerprint density at radius 2 is 1.68 bits per heavy atom. The van der Waals surface area contributed by atoms with E-state index in [2.05, 4.69) is 15.5 Å². The first-order chi connectivity index (χ1) is 19.4. The van der Waals surface area contributed by atoms with Gasteiger partial charge < -0.3 is 28.8 Å². The van der Waals surface area contributed by atoms with Crippen LogP contribution in [-0.2, 0) is 16.1 Å². The predicted molar refractivity (Wildman–Crippen MR) is 156 cm³/mol. The van der Waals surface area contributed by atoms with Crippen molar-refractivity contribution in [3.8, 4) is 39.8 Å². The molecule has 12 heteroatoms. The molecule has 1 amide bonds. The minimum atomic E-state index is -0.480. The molecular weight excluding hydrogens is 552 g/mol. The molecule has 2 aromatic carbocycles. The number of esters is 1. The van der Waals surface area contributed by atoms with Gasteiger partial charge in [-0.2, -0.15) is 0 Å². The van der Waals surface area contributed by atoms with E-state index in [-0.39, 0.29) is 18.3 Å².